The third-order valence-corrected chi connectivity index (χ3v) is 3.92. The van der Waals surface area contributed by atoms with Gasteiger partial charge in [-0.15, -0.1) is 0 Å². The van der Waals surface area contributed by atoms with Gasteiger partial charge in [-0.25, -0.2) is 14.8 Å². The van der Waals surface area contributed by atoms with Crippen molar-refractivity contribution in [1.29, 1.82) is 0 Å². The predicted molar refractivity (Wildman–Crippen MR) is 92.3 cm³/mol. The zero-order chi connectivity index (χ0) is 20.4. The van der Waals surface area contributed by atoms with E-state index in [0.29, 0.717) is 18.9 Å². The topological polar surface area (TPSA) is 76.6 Å². The van der Waals surface area contributed by atoms with Crippen LogP contribution in [0.2, 0.25) is 0 Å². The van der Waals surface area contributed by atoms with Crippen LogP contribution in [0, 0.1) is 0 Å². The Morgan fingerprint density at radius 3 is 2.41 bits per heavy atom. The first-order chi connectivity index (χ1) is 12.4. The number of morpholine rings is 1. The molecule has 0 aromatic carbocycles. The maximum atomic E-state index is 12.6. The molecule has 27 heavy (non-hydrogen) atoms. The summed E-state index contributed by atoms with van der Waals surface area (Å²) < 4.78 is 49.0. The average Bonchev–Trinajstić information content (AvgIpc) is 2.51. The van der Waals surface area contributed by atoms with Gasteiger partial charge in [0.15, 0.2) is 0 Å². The van der Waals surface area contributed by atoms with Gasteiger partial charge in [0, 0.05) is 18.9 Å². The molecule has 1 aromatic heterocycles. The lowest BCUT2D eigenvalue weighted by molar-refractivity contribution is -0.138. The highest BCUT2D eigenvalue weighted by atomic mass is 19.4. The molecule has 0 bridgehead atoms. The van der Waals surface area contributed by atoms with Gasteiger partial charge in [-0.1, -0.05) is 0 Å². The summed E-state index contributed by atoms with van der Waals surface area (Å²) in [6.07, 6.45) is -4.00. The van der Waals surface area contributed by atoms with Gasteiger partial charge in [-0.3, -0.25) is 4.90 Å². The summed E-state index contributed by atoms with van der Waals surface area (Å²) in [4.78, 5) is 21.5. The van der Waals surface area contributed by atoms with Gasteiger partial charge >= 0.3 is 12.3 Å². The Morgan fingerprint density at radius 1 is 1.30 bits per heavy atom. The first-order valence-electron chi connectivity index (χ1n) is 8.65. The Labute approximate surface area is 156 Å². The number of nitrogens with one attached hydrogen (secondary N) is 1. The van der Waals surface area contributed by atoms with Crippen LogP contribution in [0.25, 0.3) is 0 Å². The smallest absolute Gasteiger partial charge is 0.419 e. The van der Waals surface area contributed by atoms with Gasteiger partial charge in [-0.05, 0) is 34.6 Å². The lowest BCUT2D eigenvalue weighted by atomic mass is 10.1. The molecule has 2 heterocycles. The van der Waals surface area contributed by atoms with E-state index in [2.05, 4.69) is 15.3 Å². The van der Waals surface area contributed by atoms with E-state index in [1.165, 1.54) is 0 Å². The van der Waals surface area contributed by atoms with E-state index in [-0.39, 0.29) is 30.7 Å². The van der Waals surface area contributed by atoms with E-state index in [4.69, 9.17) is 9.47 Å². The van der Waals surface area contributed by atoms with Gasteiger partial charge < -0.3 is 14.8 Å². The van der Waals surface area contributed by atoms with Crippen molar-refractivity contribution < 1.29 is 27.4 Å². The van der Waals surface area contributed by atoms with E-state index in [1.54, 1.807) is 25.7 Å². The first-order valence-corrected chi connectivity index (χ1v) is 8.65. The number of rotatable bonds is 3. The summed E-state index contributed by atoms with van der Waals surface area (Å²) >= 11 is 0. The van der Waals surface area contributed by atoms with Crippen molar-refractivity contribution in [2.45, 2.75) is 64.6 Å². The molecule has 0 radical (unpaired) electrons. The van der Waals surface area contributed by atoms with Crippen LogP contribution in [0.3, 0.4) is 0 Å². The Hall–Kier alpha value is -2.10. The average molecular weight is 390 g/mol. The molecular weight excluding hydrogens is 365 g/mol. The summed E-state index contributed by atoms with van der Waals surface area (Å²) in [5.74, 6) is 0.0398. The van der Waals surface area contributed by atoms with Crippen LogP contribution in [0.4, 0.5) is 23.9 Å². The predicted octanol–water partition coefficient (Wildman–Crippen LogP) is 3.32. The van der Waals surface area contributed by atoms with E-state index < -0.39 is 23.4 Å². The highest BCUT2D eigenvalue weighted by Gasteiger charge is 2.38. The summed E-state index contributed by atoms with van der Waals surface area (Å²) in [6, 6.07) is -0.387. The number of carbonyl (C=O) groups excluding carboxylic acids is 1. The number of alkyl halides is 3. The number of amides is 1. The molecule has 1 aliphatic rings. The van der Waals surface area contributed by atoms with Crippen LogP contribution in [0.1, 0.15) is 40.2 Å². The molecule has 1 N–H and O–H groups in total. The molecule has 7 nitrogen and oxygen atoms in total. The Balaban J connectivity index is 2.07. The number of hydrogen-bond acceptors (Lipinski definition) is 6. The van der Waals surface area contributed by atoms with Gasteiger partial charge in [-0.2, -0.15) is 13.2 Å². The zero-order valence-electron chi connectivity index (χ0n) is 16.0. The zero-order valence-corrected chi connectivity index (χ0v) is 16.0. The third kappa shape index (κ3) is 5.95. The van der Waals surface area contributed by atoms with Crippen LogP contribution >= 0.6 is 0 Å². The van der Waals surface area contributed by atoms with Crippen LogP contribution < -0.4 is 5.32 Å². The molecule has 10 heteroatoms. The van der Waals surface area contributed by atoms with Crippen molar-refractivity contribution in [3.05, 3.63) is 18.0 Å². The van der Waals surface area contributed by atoms with E-state index in [1.807, 2.05) is 13.8 Å². The number of anilines is 1. The summed E-state index contributed by atoms with van der Waals surface area (Å²) in [6.45, 7) is 9.58. The van der Waals surface area contributed by atoms with Crippen molar-refractivity contribution in [2.24, 2.45) is 0 Å². The fraction of sp³-hybridized carbons (Fsp3) is 0.706. The normalized spacial score (nSPS) is 23.9. The minimum absolute atomic E-state index is 0.0398. The van der Waals surface area contributed by atoms with Gasteiger partial charge in [0.05, 0.1) is 30.4 Å². The molecule has 1 fully saturated rings. The molecule has 3 atom stereocenters. The van der Waals surface area contributed by atoms with Crippen LogP contribution in [-0.2, 0) is 15.7 Å². The largest absolute Gasteiger partial charge is 0.444 e. The second-order valence-electron chi connectivity index (χ2n) is 7.53. The Kier molecular flexibility index (Phi) is 6.18. The standard InChI is InChI=1S/C17H25F3N4O3/c1-10-9-24(15(25)27-16(3,4)5)13(11(2)26-10)8-23-14-21-6-12(7-22-14)17(18,19)20/h6-7,10-11,13H,8-9H2,1-5H3,(H,21,22,23)/t10-,11+,13-/m1/s1. The van der Waals surface area contributed by atoms with Crippen molar-refractivity contribution in [2.75, 3.05) is 18.4 Å². The number of aromatic nitrogens is 2. The second kappa shape index (κ2) is 7.87. The minimum Gasteiger partial charge on any atom is -0.444 e. The summed E-state index contributed by atoms with van der Waals surface area (Å²) in [7, 11) is 0. The number of halogens is 3. The monoisotopic (exact) mass is 390 g/mol. The number of ether oxygens (including phenoxy) is 2. The summed E-state index contributed by atoms with van der Waals surface area (Å²) in [5, 5.41) is 2.87. The van der Waals surface area contributed by atoms with E-state index in [9.17, 15) is 18.0 Å². The fourth-order valence-electron chi connectivity index (χ4n) is 2.73. The van der Waals surface area contributed by atoms with Crippen LogP contribution in [0.15, 0.2) is 12.4 Å². The lowest BCUT2D eigenvalue weighted by Crippen LogP contribution is -2.58. The molecule has 152 valence electrons. The molecule has 0 saturated carbocycles. The van der Waals surface area contributed by atoms with Crippen molar-refractivity contribution >= 4 is 12.0 Å². The van der Waals surface area contributed by atoms with Crippen molar-refractivity contribution in [1.82, 2.24) is 14.9 Å². The number of hydrogen-bond donors (Lipinski definition) is 1. The highest BCUT2D eigenvalue weighted by Crippen LogP contribution is 2.28. The molecule has 1 saturated heterocycles. The fourth-order valence-corrected chi connectivity index (χ4v) is 2.73. The molecule has 1 aliphatic heterocycles. The maximum absolute atomic E-state index is 12.6. The Bertz CT molecular complexity index is 646. The first kappa shape index (κ1) is 21.2. The molecule has 0 aliphatic carbocycles. The molecule has 0 unspecified atom stereocenters. The van der Waals surface area contributed by atoms with Crippen molar-refractivity contribution in [3.63, 3.8) is 0 Å². The lowest BCUT2D eigenvalue weighted by Gasteiger charge is -2.43. The van der Waals surface area contributed by atoms with Crippen molar-refractivity contribution in [3.8, 4) is 0 Å². The SMILES string of the molecule is C[C@@H]1CN(C(=O)OC(C)(C)C)[C@H](CNc2ncc(C(F)(F)F)cn2)[C@H](C)O1. The molecule has 1 aromatic rings. The quantitative estimate of drug-likeness (QED) is 0.853. The Morgan fingerprint density at radius 2 is 1.89 bits per heavy atom. The maximum Gasteiger partial charge on any atom is 0.419 e. The summed E-state index contributed by atoms with van der Waals surface area (Å²) in [5.41, 5.74) is -1.57. The third-order valence-electron chi connectivity index (χ3n) is 3.92. The van der Waals surface area contributed by atoms with Gasteiger partial charge in [0.2, 0.25) is 5.95 Å². The van der Waals surface area contributed by atoms with Gasteiger partial charge in [0.25, 0.3) is 0 Å². The van der Waals surface area contributed by atoms with E-state index >= 15 is 0 Å². The van der Waals surface area contributed by atoms with Gasteiger partial charge in [0.1, 0.15) is 5.60 Å². The van der Waals surface area contributed by atoms with Crippen LogP contribution in [0.5, 0.6) is 0 Å². The van der Waals surface area contributed by atoms with Crippen LogP contribution in [-0.4, -0.2) is 57.9 Å². The highest BCUT2D eigenvalue weighted by molar-refractivity contribution is 5.69. The molecule has 2 rings (SSSR count). The molecule has 1 amide bonds. The van der Waals surface area contributed by atoms with E-state index in [0.717, 1.165) is 0 Å². The number of carbonyl (C=O) groups is 1. The number of nitrogens with zero attached hydrogens (tertiary/aromatic N) is 3. The molecule has 0 spiro atoms. The molecular formula is C17H25F3N4O3. The minimum atomic E-state index is -4.49. The second-order valence-corrected chi connectivity index (χ2v) is 7.53.